The van der Waals surface area contributed by atoms with Crippen LogP contribution in [0.3, 0.4) is 0 Å². The molecule has 0 aliphatic rings. The van der Waals surface area contributed by atoms with Crippen molar-refractivity contribution in [2.75, 3.05) is 18.1 Å². The van der Waals surface area contributed by atoms with Crippen molar-refractivity contribution in [2.45, 2.75) is 18.2 Å². The quantitative estimate of drug-likeness (QED) is 0.798. The van der Waals surface area contributed by atoms with Crippen LogP contribution in [0.5, 0.6) is 0 Å². The van der Waals surface area contributed by atoms with E-state index in [1.165, 1.54) is 10.5 Å². The highest BCUT2D eigenvalue weighted by Crippen LogP contribution is 2.19. The number of benzene rings is 2. The molecule has 2 aromatic rings. The lowest BCUT2D eigenvalue weighted by molar-refractivity contribution is -0.115. The van der Waals surface area contributed by atoms with Gasteiger partial charge in [0.1, 0.15) is 0 Å². The fourth-order valence-corrected chi connectivity index (χ4v) is 2.82. The molecule has 0 bridgehead atoms. The smallest absolute Gasteiger partial charge is 0.251 e. The van der Waals surface area contributed by atoms with Gasteiger partial charge in [0.05, 0.1) is 0 Å². The number of hydrogen-bond acceptors (Lipinski definition) is 3. The average Bonchev–Trinajstić information content (AvgIpc) is 2.56. The van der Waals surface area contributed by atoms with Crippen LogP contribution in [-0.4, -0.2) is 24.6 Å². The van der Waals surface area contributed by atoms with E-state index in [4.69, 9.17) is 0 Å². The first-order valence-electron chi connectivity index (χ1n) is 7.40. The zero-order valence-electron chi connectivity index (χ0n) is 13.3. The van der Waals surface area contributed by atoms with Crippen LogP contribution in [0.15, 0.2) is 53.4 Å². The Bertz CT molecular complexity index is 666. The second-order valence-corrected chi connectivity index (χ2v) is 6.28. The first-order chi connectivity index (χ1) is 11.1. The van der Waals surface area contributed by atoms with Gasteiger partial charge in [-0.3, -0.25) is 9.59 Å². The van der Waals surface area contributed by atoms with E-state index in [9.17, 15) is 9.59 Å². The Labute approximate surface area is 140 Å². The second kappa shape index (κ2) is 8.39. The van der Waals surface area contributed by atoms with Crippen molar-refractivity contribution >= 4 is 29.3 Å². The first kappa shape index (κ1) is 17.1. The minimum Gasteiger partial charge on any atom is -0.355 e. The Morgan fingerprint density at radius 2 is 1.65 bits per heavy atom. The van der Waals surface area contributed by atoms with E-state index >= 15 is 0 Å². The lowest BCUT2D eigenvalue weighted by Gasteiger charge is -2.06. The van der Waals surface area contributed by atoms with E-state index in [1.54, 1.807) is 43.1 Å². The summed E-state index contributed by atoms with van der Waals surface area (Å²) >= 11 is 1.66. The number of aryl methyl sites for hydroxylation is 1. The number of carbonyl (C=O) groups excluding carboxylic acids is 2. The molecular weight excluding hydrogens is 308 g/mol. The van der Waals surface area contributed by atoms with Gasteiger partial charge in [0, 0.05) is 35.4 Å². The largest absolute Gasteiger partial charge is 0.355 e. The standard InChI is InChI=1S/C18H20N2O2S/c1-13-3-9-16(10-4-13)23-12-11-17(21)20-15-7-5-14(6-8-15)18(22)19-2/h3-10H,11-12H2,1-2H3,(H,19,22)(H,20,21). The van der Waals surface area contributed by atoms with Gasteiger partial charge in [-0.05, 0) is 43.3 Å². The first-order valence-corrected chi connectivity index (χ1v) is 8.38. The van der Waals surface area contributed by atoms with Gasteiger partial charge < -0.3 is 10.6 Å². The van der Waals surface area contributed by atoms with Gasteiger partial charge in [0.25, 0.3) is 5.91 Å². The molecule has 0 atom stereocenters. The summed E-state index contributed by atoms with van der Waals surface area (Å²) in [6.45, 7) is 2.05. The molecule has 0 aliphatic carbocycles. The Balaban J connectivity index is 1.78. The van der Waals surface area contributed by atoms with Gasteiger partial charge in [-0.2, -0.15) is 0 Å². The summed E-state index contributed by atoms with van der Waals surface area (Å²) in [5.74, 6) is 0.556. The summed E-state index contributed by atoms with van der Waals surface area (Å²) in [4.78, 5) is 24.5. The number of anilines is 1. The summed E-state index contributed by atoms with van der Waals surface area (Å²) in [5, 5.41) is 5.40. The van der Waals surface area contributed by atoms with Crippen LogP contribution in [0.4, 0.5) is 5.69 Å². The van der Waals surface area contributed by atoms with Crippen LogP contribution in [0.2, 0.25) is 0 Å². The summed E-state index contributed by atoms with van der Waals surface area (Å²) in [5.41, 5.74) is 2.50. The minimum absolute atomic E-state index is 0.0303. The molecule has 0 radical (unpaired) electrons. The van der Waals surface area contributed by atoms with Crippen molar-refractivity contribution in [3.05, 3.63) is 59.7 Å². The predicted octanol–water partition coefficient (Wildman–Crippen LogP) is 3.48. The maximum absolute atomic E-state index is 11.9. The molecule has 0 saturated heterocycles. The van der Waals surface area contributed by atoms with Crippen molar-refractivity contribution in [3.63, 3.8) is 0 Å². The summed E-state index contributed by atoms with van der Waals surface area (Å²) in [6.07, 6.45) is 0.440. The van der Waals surface area contributed by atoms with Crippen molar-refractivity contribution in [3.8, 4) is 0 Å². The molecule has 5 heteroatoms. The molecule has 0 saturated carbocycles. The number of nitrogens with one attached hydrogen (secondary N) is 2. The zero-order chi connectivity index (χ0) is 16.7. The third kappa shape index (κ3) is 5.45. The molecule has 4 nitrogen and oxygen atoms in total. The fourth-order valence-electron chi connectivity index (χ4n) is 1.97. The number of carbonyl (C=O) groups is 2. The van der Waals surface area contributed by atoms with Gasteiger partial charge >= 0.3 is 0 Å². The molecular formula is C18H20N2O2S. The van der Waals surface area contributed by atoms with E-state index in [0.29, 0.717) is 17.7 Å². The molecule has 0 aromatic heterocycles. The third-order valence-electron chi connectivity index (χ3n) is 3.28. The number of rotatable bonds is 6. The molecule has 0 unspecified atom stereocenters. The maximum Gasteiger partial charge on any atom is 0.251 e. The van der Waals surface area contributed by atoms with E-state index in [1.807, 2.05) is 0 Å². The maximum atomic E-state index is 11.9. The van der Waals surface area contributed by atoms with Gasteiger partial charge in [0.2, 0.25) is 5.91 Å². The normalized spacial score (nSPS) is 10.2. The van der Waals surface area contributed by atoms with Gasteiger partial charge in [-0.25, -0.2) is 0 Å². The van der Waals surface area contributed by atoms with Crippen LogP contribution in [0.1, 0.15) is 22.3 Å². The van der Waals surface area contributed by atoms with E-state index in [2.05, 4.69) is 41.8 Å². The Morgan fingerprint density at radius 3 is 2.26 bits per heavy atom. The molecule has 23 heavy (non-hydrogen) atoms. The summed E-state index contributed by atoms with van der Waals surface area (Å²) in [6, 6.07) is 15.1. The molecule has 2 amide bonds. The molecule has 120 valence electrons. The van der Waals surface area contributed by atoms with Crippen molar-refractivity contribution in [1.82, 2.24) is 5.32 Å². The third-order valence-corrected chi connectivity index (χ3v) is 4.29. The highest BCUT2D eigenvalue weighted by molar-refractivity contribution is 7.99. The lowest BCUT2D eigenvalue weighted by atomic mass is 10.2. The Kier molecular flexibility index (Phi) is 6.23. The Morgan fingerprint density at radius 1 is 1.00 bits per heavy atom. The zero-order valence-corrected chi connectivity index (χ0v) is 14.1. The fraction of sp³-hybridized carbons (Fsp3) is 0.222. The molecule has 0 fully saturated rings. The molecule has 2 rings (SSSR count). The molecule has 0 aliphatic heterocycles. The van der Waals surface area contributed by atoms with E-state index in [0.717, 1.165) is 5.75 Å². The number of amides is 2. The lowest BCUT2D eigenvalue weighted by Crippen LogP contribution is -2.18. The van der Waals surface area contributed by atoms with E-state index < -0.39 is 0 Å². The number of thioether (sulfide) groups is 1. The van der Waals surface area contributed by atoms with Crippen molar-refractivity contribution in [2.24, 2.45) is 0 Å². The molecule has 2 N–H and O–H groups in total. The predicted molar refractivity (Wildman–Crippen MR) is 95.0 cm³/mol. The van der Waals surface area contributed by atoms with Crippen molar-refractivity contribution in [1.29, 1.82) is 0 Å². The van der Waals surface area contributed by atoms with Crippen LogP contribution in [0, 0.1) is 6.92 Å². The molecule has 0 spiro atoms. The summed E-state index contributed by atoms with van der Waals surface area (Å²) in [7, 11) is 1.59. The van der Waals surface area contributed by atoms with Gasteiger partial charge in [0.15, 0.2) is 0 Å². The monoisotopic (exact) mass is 328 g/mol. The van der Waals surface area contributed by atoms with Crippen LogP contribution < -0.4 is 10.6 Å². The van der Waals surface area contributed by atoms with E-state index in [-0.39, 0.29) is 11.8 Å². The second-order valence-electron chi connectivity index (χ2n) is 5.12. The number of hydrogen-bond donors (Lipinski definition) is 2. The molecule has 2 aromatic carbocycles. The SMILES string of the molecule is CNC(=O)c1ccc(NC(=O)CCSc2ccc(C)cc2)cc1. The minimum atomic E-state index is -0.141. The highest BCUT2D eigenvalue weighted by Gasteiger charge is 2.05. The summed E-state index contributed by atoms with van der Waals surface area (Å²) < 4.78 is 0. The van der Waals surface area contributed by atoms with Crippen molar-refractivity contribution < 1.29 is 9.59 Å². The molecule has 0 heterocycles. The van der Waals surface area contributed by atoms with Crippen LogP contribution >= 0.6 is 11.8 Å². The average molecular weight is 328 g/mol. The van der Waals surface area contributed by atoms with Gasteiger partial charge in [-0.1, -0.05) is 17.7 Å². The van der Waals surface area contributed by atoms with Crippen LogP contribution in [-0.2, 0) is 4.79 Å². The topological polar surface area (TPSA) is 58.2 Å². The highest BCUT2D eigenvalue weighted by atomic mass is 32.2. The Hall–Kier alpha value is -2.27. The van der Waals surface area contributed by atoms with Crippen LogP contribution in [0.25, 0.3) is 0 Å². The van der Waals surface area contributed by atoms with Gasteiger partial charge in [-0.15, -0.1) is 11.8 Å².